The summed E-state index contributed by atoms with van der Waals surface area (Å²) >= 11 is 0. The molecule has 0 bridgehead atoms. The number of para-hydroxylation sites is 1. The first-order valence-corrected chi connectivity index (χ1v) is 7.44. The summed E-state index contributed by atoms with van der Waals surface area (Å²) < 4.78 is 0. The molecule has 0 spiro atoms. The number of nitrogens with one attached hydrogen (secondary N) is 1. The molecular formula is C17H14N8. The second-order valence-electron chi connectivity index (χ2n) is 5.14. The number of nitrogens with zero attached hydrogens (tertiary/aromatic N) is 6. The van der Waals surface area contributed by atoms with E-state index in [9.17, 15) is 0 Å². The molecule has 0 radical (unpaired) electrons. The number of rotatable bonds is 5. The zero-order chi connectivity index (χ0) is 17.6. The van der Waals surface area contributed by atoms with Gasteiger partial charge in [0.2, 0.25) is 0 Å². The zero-order valence-electron chi connectivity index (χ0n) is 13.2. The molecule has 0 saturated carbocycles. The minimum absolute atomic E-state index is 0.00400. The van der Waals surface area contributed by atoms with Crippen LogP contribution in [0.4, 0.5) is 23.0 Å². The van der Waals surface area contributed by atoms with Crippen molar-refractivity contribution in [3.8, 4) is 12.1 Å². The predicted octanol–water partition coefficient (Wildman–Crippen LogP) is 2.20. The molecule has 0 aliphatic rings. The van der Waals surface area contributed by atoms with E-state index in [-0.39, 0.29) is 18.8 Å². The Bertz CT molecular complexity index is 965. The summed E-state index contributed by atoms with van der Waals surface area (Å²) in [6.45, 7) is 0.00801. The average molecular weight is 330 g/mol. The van der Waals surface area contributed by atoms with Crippen LogP contribution in [0, 0.1) is 22.7 Å². The molecule has 8 nitrogen and oxygen atoms in total. The van der Waals surface area contributed by atoms with Crippen molar-refractivity contribution in [3.05, 3.63) is 42.9 Å². The SMILES string of the molecule is N#CCN(CC#N)c1ncnc(Nc2cccc3cccnc23)c1N. The van der Waals surface area contributed by atoms with Crippen LogP contribution in [0.3, 0.4) is 0 Å². The lowest BCUT2D eigenvalue weighted by Gasteiger charge is -2.20. The molecule has 3 N–H and O–H groups in total. The van der Waals surface area contributed by atoms with Crippen molar-refractivity contribution in [3.63, 3.8) is 0 Å². The summed E-state index contributed by atoms with van der Waals surface area (Å²) in [4.78, 5) is 14.2. The molecule has 3 aromatic rings. The average Bonchev–Trinajstić information content (AvgIpc) is 2.64. The van der Waals surface area contributed by atoms with E-state index in [0.717, 1.165) is 16.6 Å². The fraction of sp³-hybridized carbons (Fsp3) is 0.118. The molecule has 2 aromatic heterocycles. The van der Waals surface area contributed by atoms with Gasteiger partial charge in [0.25, 0.3) is 0 Å². The Balaban J connectivity index is 2.00. The number of aromatic nitrogens is 3. The van der Waals surface area contributed by atoms with Crippen LogP contribution >= 0.6 is 0 Å². The van der Waals surface area contributed by atoms with Gasteiger partial charge in [0, 0.05) is 11.6 Å². The minimum atomic E-state index is 0.00400. The Kier molecular flexibility index (Phi) is 4.54. The maximum atomic E-state index is 8.93. The third-order valence-electron chi connectivity index (χ3n) is 3.57. The Morgan fingerprint density at radius 3 is 2.56 bits per heavy atom. The molecule has 8 heteroatoms. The molecule has 0 fully saturated rings. The fourth-order valence-corrected chi connectivity index (χ4v) is 2.45. The molecule has 25 heavy (non-hydrogen) atoms. The van der Waals surface area contributed by atoms with Crippen molar-refractivity contribution in [2.75, 3.05) is 29.0 Å². The molecule has 3 rings (SSSR count). The highest BCUT2D eigenvalue weighted by molar-refractivity contribution is 5.93. The molecular weight excluding hydrogens is 316 g/mol. The van der Waals surface area contributed by atoms with Crippen molar-refractivity contribution < 1.29 is 0 Å². The molecule has 0 unspecified atom stereocenters. The number of nitrogens with two attached hydrogens (primary N) is 1. The summed E-state index contributed by atoms with van der Waals surface area (Å²) in [7, 11) is 0. The van der Waals surface area contributed by atoms with Crippen LogP contribution < -0.4 is 16.0 Å². The van der Waals surface area contributed by atoms with E-state index in [1.165, 1.54) is 11.2 Å². The lowest BCUT2D eigenvalue weighted by atomic mass is 10.2. The monoisotopic (exact) mass is 330 g/mol. The van der Waals surface area contributed by atoms with Gasteiger partial charge in [-0.15, -0.1) is 0 Å². The Morgan fingerprint density at radius 2 is 1.80 bits per heavy atom. The number of fused-ring (bicyclic) bond motifs is 1. The summed E-state index contributed by atoms with van der Waals surface area (Å²) in [5.41, 5.74) is 7.97. The van der Waals surface area contributed by atoms with Gasteiger partial charge < -0.3 is 16.0 Å². The van der Waals surface area contributed by atoms with Crippen LogP contribution in [0.15, 0.2) is 42.9 Å². The molecule has 0 saturated heterocycles. The summed E-state index contributed by atoms with van der Waals surface area (Å²) in [5.74, 6) is 0.734. The van der Waals surface area contributed by atoms with E-state index in [1.54, 1.807) is 6.20 Å². The third kappa shape index (κ3) is 3.23. The Hall–Kier alpha value is -3.91. The highest BCUT2D eigenvalue weighted by Gasteiger charge is 2.15. The van der Waals surface area contributed by atoms with Crippen LogP contribution in [0.2, 0.25) is 0 Å². The number of pyridine rings is 1. The second-order valence-corrected chi connectivity index (χ2v) is 5.14. The largest absolute Gasteiger partial charge is 0.393 e. The van der Waals surface area contributed by atoms with Crippen LogP contribution in [0.1, 0.15) is 0 Å². The van der Waals surface area contributed by atoms with E-state index in [1.807, 2.05) is 42.5 Å². The van der Waals surface area contributed by atoms with Crippen molar-refractivity contribution in [1.82, 2.24) is 15.0 Å². The molecule has 0 atom stereocenters. The van der Waals surface area contributed by atoms with Gasteiger partial charge in [-0.3, -0.25) is 4.98 Å². The quantitative estimate of drug-likeness (QED) is 0.681. The summed E-state index contributed by atoms with van der Waals surface area (Å²) in [6.07, 6.45) is 3.05. The third-order valence-corrected chi connectivity index (χ3v) is 3.57. The first kappa shape index (κ1) is 16.0. The lowest BCUT2D eigenvalue weighted by Crippen LogP contribution is -2.26. The number of hydrogen-bond donors (Lipinski definition) is 2. The van der Waals surface area contributed by atoms with Crippen molar-refractivity contribution in [1.29, 1.82) is 10.5 Å². The molecule has 0 amide bonds. The van der Waals surface area contributed by atoms with Gasteiger partial charge >= 0.3 is 0 Å². The first-order chi connectivity index (χ1) is 12.2. The fourth-order valence-electron chi connectivity index (χ4n) is 2.45. The summed E-state index contributed by atoms with van der Waals surface area (Å²) in [5, 5.41) is 22.0. The summed E-state index contributed by atoms with van der Waals surface area (Å²) in [6, 6.07) is 13.6. The lowest BCUT2D eigenvalue weighted by molar-refractivity contribution is 0.930. The predicted molar refractivity (Wildman–Crippen MR) is 94.9 cm³/mol. The van der Waals surface area contributed by atoms with Crippen molar-refractivity contribution >= 4 is 33.9 Å². The second kappa shape index (κ2) is 7.11. The Morgan fingerprint density at radius 1 is 1.04 bits per heavy atom. The van der Waals surface area contributed by atoms with Gasteiger partial charge in [-0.05, 0) is 12.1 Å². The number of benzene rings is 1. The molecule has 122 valence electrons. The van der Waals surface area contributed by atoms with Gasteiger partial charge in [0.15, 0.2) is 11.6 Å². The van der Waals surface area contributed by atoms with Crippen molar-refractivity contribution in [2.24, 2.45) is 0 Å². The maximum absolute atomic E-state index is 8.93. The first-order valence-electron chi connectivity index (χ1n) is 7.44. The number of anilines is 4. The Labute approximate surface area is 144 Å². The molecule has 2 heterocycles. The smallest absolute Gasteiger partial charge is 0.159 e. The van der Waals surface area contributed by atoms with E-state index >= 15 is 0 Å². The van der Waals surface area contributed by atoms with Gasteiger partial charge in [-0.25, -0.2) is 9.97 Å². The van der Waals surface area contributed by atoms with Gasteiger partial charge in [0.1, 0.15) is 25.1 Å². The van der Waals surface area contributed by atoms with E-state index in [0.29, 0.717) is 11.6 Å². The maximum Gasteiger partial charge on any atom is 0.159 e. The standard InChI is InChI=1S/C17H14N8/c18-6-9-25(10-7-19)17-14(20)16(22-11-23-17)24-13-5-1-3-12-4-2-8-21-15(12)13/h1-5,8,11H,9-10,20H2,(H,22,23,24). The molecule has 0 aliphatic carbocycles. The van der Waals surface area contributed by atoms with Crippen LogP contribution in [0.5, 0.6) is 0 Å². The van der Waals surface area contributed by atoms with Gasteiger partial charge in [-0.1, -0.05) is 18.2 Å². The molecule has 0 aliphatic heterocycles. The molecule has 1 aromatic carbocycles. The number of hydrogen-bond acceptors (Lipinski definition) is 8. The van der Waals surface area contributed by atoms with Crippen LogP contribution in [-0.4, -0.2) is 28.0 Å². The highest BCUT2D eigenvalue weighted by Crippen LogP contribution is 2.30. The topological polar surface area (TPSA) is 128 Å². The minimum Gasteiger partial charge on any atom is -0.393 e. The van der Waals surface area contributed by atoms with E-state index in [4.69, 9.17) is 16.3 Å². The number of nitrogen functional groups attached to an aromatic ring is 1. The van der Waals surface area contributed by atoms with Gasteiger partial charge in [0.05, 0.1) is 23.3 Å². The zero-order valence-corrected chi connectivity index (χ0v) is 13.2. The normalized spacial score (nSPS) is 10.0. The highest BCUT2D eigenvalue weighted by atomic mass is 15.2. The van der Waals surface area contributed by atoms with Gasteiger partial charge in [-0.2, -0.15) is 10.5 Å². The van der Waals surface area contributed by atoms with Crippen LogP contribution in [-0.2, 0) is 0 Å². The van der Waals surface area contributed by atoms with E-state index < -0.39 is 0 Å². The van der Waals surface area contributed by atoms with Crippen LogP contribution in [0.25, 0.3) is 10.9 Å². The number of nitriles is 2. The van der Waals surface area contributed by atoms with Crippen molar-refractivity contribution in [2.45, 2.75) is 0 Å². The van der Waals surface area contributed by atoms with E-state index in [2.05, 4.69) is 20.3 Å².